The van der Waals surface area contributed by atoms with Gasteiger partial charge in [-0.15, -0.1) is 0 Å². The third kappa shape index (κ3) is 2.31. The maximum atomic E-state index is 12.5. The molecule has 9 heteroatoms. The van der Waals surface area contributed by atoms with Gasteiger partial charge in [0.05, 0.1) is 5.56 Å². The van der Waals surface area contributed by atoms with Crippen LogP contribution in [0.5, 0.6) is 0 Å². The van der Waals surface area contributed by atoms with Gasteiger partial charge in [-0.3, -0.25) is 0 Å². The highest BCUT2D eigenvalue weighted by Gasteiger charge is 2.30. The number of pyridine rings is 1. The number of halogens is 2. The molecule has 1 heterocycles. The number of hydrogen-bond acceptors (Lipinski definition) is 5. The number of carboxylic acids is 1. The summed E-state index contributed by atoms with van der Waals surface area (Å²) in [5.41, 5.74) is -2.79. The summed E-state index contributed by atoms with van der Waals surface area (Å²) in [5.74, 6) is -2.97. The second-order valence-corrected chi connectivity index (χ2v) is 2.77. The topological polar surface area (TPSA) is 117 Å². The Morgan fingerprint density at radius 2 is 2.24 bits per heavy atom. The molecule has 88 valence electrons. The molecule has 0 aliphatic heterocycles. The zero-order valence-corrected chi connectivity index (χ0v) is 7.92. The van der Waals surface area contributed by atoms with E-state index in [9.17, 15) is 23.7 Å². The van der Waals surface area contributed by atoms with Crippen LogP contribution in [0.4, 0.5) is 14.6 Å². The highest BCUT2D eigenvalue weighted by atomic mass is 19.3. The molecule has 0 spiro atoms. The molecule has 1 aromatic heterocycles. The number of nitriles is 1. The smallest absolute Gasteiger partial charge is 0.380 e. The minimum atomic E-state index is -3.29. The minimum Gasteiger partial charge on any atom is -0.475 e. The van der Waals surface area contributed by atoms with Crippen molar-refractivity contribution < 1.29 is 23.6 Å². The average Bonchev–Trinajstić information content (AvgIpc) is 2.26. The van der Waals surface area contributed by atoms with Crippen molar-refractivity contribution >= 4 is 11.8 Å². The molecule has 17 heavy (non-hydrogen) atoms. The van der Waals surface area contributed by atoms with Gasteiger partial charge in [-0.25, -0.2) is 13.6 Å². The lowest BCUT2D eigenvalue weighted by Gasteiger charge is -2.03. The highest BCUT2D eigenvalue weighted by molar-refractivity contribution is 5.86. The molecule has 0 aliphatic rings. The van der Waals surface area contributed by atoms with Crippen molar-refractivity contribution in [2.45, 2.75) is 6.43 Å². The molecule has 0 radical (unpaired) electrons. The van der Waals surface area contributed by atoms with E-state index in [-0.39, 0.29) is 0 Å². The van der Waals surface area contributed by atoms with Crippen LogP contribution in [-0.2, 0) is 0 Å². The van der Waals surface area contributed by atoms with Crippen molar-refractivity contribution in [3.8, 4) is 6.07 Å². The molecule has 0 bridgehead atoms. The molecule has 1 N–H and O–H groups in total. The molecule has 0 unspecified atom stereocenters. The van der Waals surface area contributed by atoms with Crippen LogP contribution in [0.3, 0.4) is 0 Å². The molecule has 7 nitrogen and oxygen atoms in total. The lowest BCUT2D eigenvalue weighted by atomic mass is 10.1. The molecule has 0 aliphatic carbocycles. The zero-order valence-electron chi connectivity index (χ0n) is 7.92. The fourth-order valence-electron chi connectivity index (χ4n) is 1.10. The van der Waals surface area contributed by atoms with Gasteiger partial charge in [0.1, 0.15) is 11.6 Å². The molecule has 0 aromatic carbocycles. The second-order valence-electron chi connectivity index (χ2n) is 2.77. The predicted octanol–water partition coefficient (Wildman–Crippen LogP) is 1.50. The number of nitrogens with zero attached hydrogens (tertiary/aromatic N) is 3. The monoisotopic (exact) mass is 243 g/mol. The Morgan fingerprint density at radius 3 is 2.59 bits per heavy atom. The van der Waals surface area contributed by atoms with Crippen LogP contribution in [0, 0.1) is 21.4 Å². The third-order valence-corrected chi connectivity index (χ3v) is 1.77. The van der Waals surface area contributed by atoms with Crippen molar-refractivity contribution in [3.63, 3.8) is 0 Å². The minimum absolute atomic E-state index is 0.566. The molecular weight excluding hydrogens is 240 g/mol. The lowest BCUT2D eigenvalue weighted by molar-refractivity contribution is -0.391. The summed E-state index contributed by atoms with van der Waals surface area (Å²) < 4.78 is 25.1. The lowest BCUT2D eigenvalue weighted by Crippen LogP contribution is -2.08. The Balaban J connectivity index is 3.65. The standard InChI is InChI=1S/C8H3F2N3O4/c9-6(10)5-3(2-11)1-4(8(14)15)12-7(5)13(16)17/h1,6H,(H,14,15). The molecule has 0 fully saturated rings. The van der Waals surface area contributed by atoms with E-state index in [0.717, 1.165) is 0 Å². The molecule has 0 amide bonds. The average molecular weight is 243 g/mol. The number of aromatic carboxylic acids is 1. The number of nitro groups is 1. The van der Waals surface area contributed by atoms with E-state index in [1.54, 1.807) is 0 Å². The number of hydrogen-bond donors (Lipinski definition) is 1. The first-order chi connectivity index (χ1) is 7.88. The maximum Gasteiger partial charge on any atom is 0.380 e. The fourth-order valence-corrected chi connectivity index (χ4v) is 1.10. The molecule has 1 aromatic rings. The summed E-state index contributed by atoms with van der Waals surface area (Å²) >= 11 is 0. The van der Waals surface area contributed by atoms with E-state index in [1.165, 1.54) is 6.07 Å². The van der Waals surface area contributed by atoms with E-state index in [4.69, 9.17) is 10.4 Å². The summed E-state index contributed by atoms with van der Waals surface area (Å²) in [6.45, 7) is 0. The maximum absolute atomic E-state index is 12.5. The highest BCUT2D eigenvalue weighted by Crippen LogP contribution is 2.30. The summed E-state index contributed by atoms with van der Waals surface area (Å²) in [5, 5.41) is 27.6. The van der Waals surface area contributed by atoms with E-state index < -0.39 is 40.0 Å². The van der Waals surface area contributed by atoms with Gasteiger partial charge in [-0.05, 0) is 9.91 Å². The van der Waals surface area contributed by atoms with Crippen molar-refractivity contribution in [2.75, 3.05) is 0 Å². The number of aromatic nitrogens is 1. The summed E-state index contributed by atoms with van der Waals surface area (Å²) in [4.78, 5) is 22.7. The summed E-state index contributed by atoms with van der Waals surface area (Å²) in [6, 6.07) is 1.85. The zero-order chi connectivity index (χ0) is 13.2. The van der Waals surface area contributed by atoms with Gasteiger partial charge in [0.2, 0.25) is 0 Å². The number of carboxylic acid groups (broad SMARTS) is 1. The largest absolute Gasteiger partial charge is 0.475 e. The fraction of sp³-hybridized carbons (Fsp3) is 0.125. The van der Waals surface area contributed by atoms with Crippen LogP contribution in [0.2, 0.25) is 0 Å². The van der Waals surface area contributed by atoms with Gasteiger partial charge in [0.25, 0.3) is 12.1 Å². The van der Waals surface area contributed by atoms with Gasteiger partial charge in [0, 0.05) is 6.07 Å². The summed E-state index contributed by atoms with van der Waals surface area (Å²) in [6.07, 6.45) is -3.29. The second kappa shape index (κ2) is 4.48. The molecule has 1 rings (SSSR count). The SMILES string of the molecule is N#Cc1cc(C(=O)O)nc([N+](=O)[O-])c1C(F)F. The van der Waals surface area contributed by atoms with Gasteiger partial charge in [-0.1, -0.05) is 0 Å². The molecular formula is C8H3F2N3O4. The number of rotatable bonds is 3. The Kier molecular flexibility index (Phi) is 3.28. The summed E-state index contributed by atoms with van der Waals surface area (Å²) in [7, 11) is 0. The van der Waals surface area contributed by atoms with Crippen molar-refractivity contribution in [2.24, 2.45) is 0 Å². The number of carbonyl (C=O) groups is 1. The predicted molar refractivity (Wildman–Crippen MR) is 47.5 cm³/mol. The Labute approximate surface area is 92.1 Å². The van der Waals surface area contributed by atoms with Crippen LogP contribution >= 0.6 is 0 Å². The van der Waals surface area contributed by atoms with Crippen LogP contribution in [-0.4, -0.2) is 21.0 Å². The Bertz CT molecular complexity index is 538. The van der Waals surface area contributed by atoms with E-state index in [2.05, 4.69) is 4.98 Å². The first kappa shape index (κ1) is 12.4. The van der Waals surface area contributed by atoms with Gasteiger partial charge < -0.3 is 15.2 Å². The number of alkyl halides is 2. The van der Waals surface area contributed by atoms with E-state index >= 15 is 0 Å². The van der Waals surface area contributed by atoms with E-state index in [1.807, 2.05) is 0 Å². The Hall–Kier alpha value is -2.63. The molecule has 0 atom stereocenters. The first-order valence-corrected chi connectivity index (χ1v) is 3.99. The molecule has 0 saturated carbocycles. The first-order valence-electron chi connectivity index (χ1n) is 3.99. The van der Waals surface area contributed by atoms with Crippen molar-refractivity contribution in [1.29, 1.82) is 5.26 Å². The van der Waals surface area contributed by atoms with Crippen molar-refractivity contribution in [1.82, 2.24) is 4.98 Å². The van der Waals surface area contributed by atoms with Gasteiger partial charge in [0.15, 0.2) is 0 Å². The third-order valence-electron chi connectivity index (χ3n) is 1.77. The quantitative estimate of drug-likeness (QED) is 0.634. The van der Waals surface area contributed by atoms with Gasteiger partial charge >= 0.3 is 11.8 Å². The van der Waals surface area contributed by atoms with Crippen LogP contribution < -0.4 is 0 Å². The van der Waals surface area contributed by atoms with Crippen LogP contribution in [0.25, 0.3) is 0 Å². The van der Waals surface area contributed by atoms with Gasteiger partial charge in [-0.2, -0.15) is 5.26 Å². The normalized spacial score (nSPS) is 10.0. The van der Waals surface area contributed by atoms with Crippen molar-refractivity contribution in [3.05, 3.63) is 33.0 Å². The van der Waals surface area contributed by atoms with Crippen LogP contribution in [0.1, 0.15) is 28.0 Å². The molecule has 0 saturated heterocycles. The Morgan fingerprint density at radius 1 is 1.65 bits per heavy atom. The van der Waals surface area contributed by atoms with E-state index in [0.29, 0.717) is 6.07 Å². The van der Waals surface area contributed by atoms with Crippen LogP contribution in [0.15, 0.2) is 6.07 Å².